The van der Waals surface area contributed by atoms with Crippen LogP contribution in [0.1, 0.15) is 0 Å². The maximum Gasteiger partial charge on any atom is 0.238 e. The Labute approximate surface area is 381 Å². The number of nitrogens with zero attached hydrogens (tertiary/aromatic N) is 5. The first-order chi connectivity index (χ1) is 32.7. The summed E-state index contributed by atoms with van der Waals surface area (Å²) in [6.45, 7) is 0. The summed E-state index contributed by atoms with van der Waals surface area (Å²) in [6.07, 6.45) is 0. The van der Waals surface area contributed by atoms with Crippen LogP contribution in [0.2, 0.25) is 0 Å². The molecule has 0 bridgehead atoms. The fourth-order valence-electron chi connectivity index (χ4n) is 9.84. The molecule has 0 radical (unpaired) electrons. The van der Waals surface area contributed by atoms with Crippen molar-refractivity contribution in [3.8, 4) is 67.8 Å². The molecule has 13 rings (SSSR count). The Balaban J connectivity index is 1.09. The zero-order valence-corrected chi connectivity index (χ0v) is 35.8. The van der Waals surface area contributed by atoms with Gasteiger partial charge in [0.2, 0.25) is 5.95 Å². The van der Waals surface area contributed by atoms with E-state index in [-0.39, 0.29) is 0 Å². The zero-order chi connectivity index (χ0) is 43.6. The number of para-hydroxylation sites is 2. The first-order valence-corrected chi connectivity index (χ1v) is 22.4. The molecule has 0 saturated carbocycles. The second kappa shape index (κ2) is 15.4. The zero-order valence-electron chi connectivity index (χ0n) is 35.8. The minimum Gasteiger partial charge on any atom is -0.307 e. The number of hydrogen-bond acceptors (Lipinski definition) is 3. The van der Waals surface area contributed by atoms with Gasteiger partial charge < -0.3 is 4.57 Å². The Bertz CT molecular complexity index is 3960. The lowest BCUT2D eigenvalue weighted by molar-refractivity contribution is 0.953. The molecular formula is C61H39N5. The van der Waals surface area contributed by atoms with Crippen LogP contribution >= 0.6 is 0 Å². The Kier molecular flexibility index (Phi) is 8.78. The van der Waals surface area contributed by atoms with Crippen molar-refractivity contribution in [2.24, 2.45) is 0 Å². The second-order valence-corrected chi connectivity index (χ2v) is 16.8. The lowest BCUT2D eigenvalue weighted by Crippen LogP contribution is -2.07. The van der Waals surface area contributed by atoms with Crippen LogP contribution in [0.4, 0.5) is 0 Å². The summed E-state index contributed by atoms with van der Waals surface area (Å²) in [7, 11) is 0. The summed E-state index contributed by atoms with van der Waals surface area (Å²) in [4.78, 5) is 16.0. The van der Waals surface area contributed by atoms with Crippen molar-refractivity contribution in [2.75, 3.05) is 0 Å². The number of benzene rings is 10. The molecule has 13 aromatic rings. The average Bonchev–Trinajstić information content (AvgIpc) is 3.92. The summed E-state index contributed by atoms with van der Waals surface area (Å²) < 4.78 is 4.73. The second-order valence-electron chi connectivity index (χ2n) is 16.8. The molecular weight excluding hydrogens is 803 g/mol. The van der Waals surface area contributed by atoms with Gasteiger partial charge in [0, 0.05) is 38.2 Å². The van der Waals surface area contributed by atoms with Crippen LogP contribution in [0.5, 0.6) is 0 Å². The van der Waals surface area contributed by atoms with E-state index in [4.69, 9.17) is 15.0 Å². The van der Waals surface area contributed by atoms with E-state index in [9.17, 15) is 0 Å². The number of rotatable bonds is 7. The molecule has 0 unspecified atom stereocenters. The van der Waals surface area contributed by atoms with Crippen LogP contribution < -0.4 is 0 Å². The van der Waals surface area contributed by atoms with Gasteiger partial charge in [-0.25, -0.2) is 4.98 Å². The molecule has 10 aromatic carbocycles. The van der Waals surface area contributed by atoms with Crippen molar-refractivity contribution in [2.45, 2.75) is 0 Å². The Morgan fingerprint density at radius 1 is 0.273 bits per heavy atom. The van der Waals surface area contributed by atoms with Gasteiger partial charge in [-0.3, -0.25) is 4.57 Å². The summed E-state index contributed by atoms with van der Waals surface area (Å²) in [5.74, 6) is 1.76. The molecule has 0 aliphatic heterocycles. The maximum absolute atomic E-state index is 5.42. The number of hydrogen-bond donors (Lipinski definition) is 0. The molecule has 0 amide bonds. The molecule has 0 aliphatic carbocycles. The van der Waals surface area contributed by atoms with Gasteiger partial charge in [-0.2, -0.15) is 9.97 Å². The smallest absolute Gasteiger partial charge is 0.238 e. The normalized spacial score (nSPS) is 11.6. The van der Waals surface area contributed by atoms with Crippen LogP contribution in [0.3, 0.4) is 0 Å². The minimum atomic E-state index is 0.552. The highest BCUT2D eigenvalue weighted by Crippen LogP contribution is 2.44. The van der Waals surface area contributed by atoms with Gasteiger partial charge in [0.05, 0.1) is 27.8 Å². The van der Waals surface area contributed by atoms with Gasteiger partial charge >= 0.3 is 0 Å². The molecule has 0 N–H and O–H groups in total. The quantitative estimate of drug-likeness (QED) is 0.161. The highest BCUT2D eigenvalue weighted by atomic mass is 15.2. The largest absolute Gasteiger partial charge is 0.307 e. The van der Waals surface area contributed by atoms with Gasteiger partial charge in [-0.05, 0) is 68.9 Å². The highest BCUT2D eigenvalue weighted by molar-refractivity contribution is 6.24. The average molecular weight is 842 g/mol. The predicted octanol–water partition coefficient (Wildman–Crippen LogP) is 15.6. The fourth-order valence-corrected chi connectivity index (χ4v) is 9.84. The molecule has 5 heteroatoms. The number of fused-ring (bicyclic) bond motifs is 8. The van der Waals surface area contributed by atoms with Crippen molar-refractivity contribution in [1.29, 1.82) is 0 Å². The number of aromatic nitrogens is 5. The lowest BCUT2D eigenvalue weighted by Gasteiger charge is -2.17. The van der Waals surface area contributed by atoms with E-state index in [2.05, 4.69) is 228 Å². The lowest BCUT2D eigenvalue weighted by atomic mass is 9.97. The van der Waals surface area contributed by atoms with E-state index < -0.39 is 0 Å². The summed E-state index contributed by atoms with van der Waals surface area (Å²) in [6, 6.07) is 84.1. The van der Waals surface area contributed by atoms with Crippen molar-refractivity contribution in [3.05, 3.63) is 237 Å². The molecule has 0 saturated heterocycles. The van der Waals surface area contributed by atoms with Crippen molar-refractivity contribution >= 4 is 54.4 Å². The topological polar surface area (TPSA) is 48.5 Å². The summed E-state index contributed by atoms with van der Waals surface area (Å²) in [5, 5.41) is 7.00. The molecule has 308 valence electrons. The first-order valence-electron chi connectivity index (χ1n) is 22.4. The predicted molar refractivity (Wildman–Crippen MR) is 273 cm³/mol. The van der Waals surface area contributed by atoms with E-state index in [1.807, 2.05) is 18.2 Å². The van der Waals surface area contributed by atoms with Crippen LogP contribution in [-0.4, -0.2) is 24.1 Å². The summed E-state index contributed by atoms with van der Waals surface area (Å²) in [5.41, 5.74) is 14.1. The summed E-state index contributed by atoms with van der Waals surface area (Å²) >= 11 is 0. The molecule has 3 heterocycles. The molecule has 0 aliphatic rings. The van der Waals surface area contributed by atoms with E-state index in [1.165, 1.54) is 21.7 Å². The first kappa shape index (κ1) is 37.6. The van der Waals surface area contributed by atoms with E-state index in [1.54, 1.807) is 0 Å². The van der Waals surface area contributed by atoms with Gasteiger partial charge in [-0.15, -0.1) is 0 Å². The van der Waals surface area contributed by atoms with Crippen LogP contribution in [0.15, 0.2) is 237 Å². The van der Waals surface area contributed by atoms with Gasteiger partial charge in [0.15, 0.2) is 11.6 Å². The van der Waals surface area contributed by atoms with Crippen molar-refractivity contribution < 1.29 is 0 Å². The van der Waals surface area contributed by atoms with Crippen LogP contribution in [-0.2, 0) is 0 Å². The van der Waals surface area contributed by atoms with Gasteiger partial charge in [0.25, 0.3) is 0 Å². The molecule has 3 aromatic heterocycles. The third-order valence-corrected chi connectivity index (χ3v) is 13.0. The fraction of sp³-hybridized carbons (Fsp3) is 0. The monoisotopic (exact) mass is 841 g/mol. The van der Waals surface area contributed by atoms with Crippen LogP contribution in [0, 0.1) is 0 Å². The highest BCUT2D eigenvalue weighted by Gasteiger charge is 2.25. The maximum atomic E-state index is 5.42. The van der Waals surface area contributed by atoms with E-state index >= 15 is 0 Å². The molecule has 0 spiro atoms. The van der Waals surface area contributed by atoms with Crippen LogP contribution in [0.25, 0.3) is 122 Å². The third-order valence-electron chi connectivity index (χ3n) is 13.0. The molecule has 0 atom stereocenters. The molecule has 5 nitrogen and oxygen atoms in total. The van der Waals surface area contributed by atoms with Gasteiger partial charge in [-0.1, -0.05) is 206 Å². The molecule has 66 heavy (non-hydrogen) atoms. The van der Waals surface area contributed by atoms with Crippen molar-refractivity contribution in [3.63, 3.8) is 0 Å². The van der Waals surface area contributed by atoms with E-state index in [0.717, 1.165) is 82.9 Å². The Morgan fingerprint density at radius 2 is 0.727 bits per heavy atom. The van der Waals surface area contributed by atoms with Gasteiger partial charge in [0.1, 0.15) is 0 Å². The minimum absolute atomic E-state index is 0.552. The molecule has 0 fully saturated rings. The van der Waals surface area contributed by atoms with Crippen molar-refractivity contribution in [1.82, 2.24) is 24.1 Å². The third kappa shape index (κ3) is 6.21. The SMILES string of the molecule is c1ccc(-c2ccc(-n3c4ccccc4c4ccc5c6ccccc6n(-c6nc(-c7ccccc7)nc(-c7ccc(-c8ccc9ccccc9c8)cc7)n6)c5c43)c(-c3ccccc3)c2)cc1. The van der Waals surface area contributed by atoms with E-state index in [0.29, 0.717) is 17.6 Å². The Hall–Kier alpha value is -8.93. The Morgan fingerprint density at radius 3 is 1.39 bits per heavy atom. The standard InChI is InChI=1S/C61H39N5/c1-4-16-40(17-5-1)48-34-37-56(53(39-48)43-19-6-2-7-20-43)65-54-26-14-12-24-49(54)51-35-36-52-50-25-13-15-27-55(50)66(58(52)57(51)65)61-63-59(44-21-8-3-9-22-44)62-60(64-61)45-31-28-42(29-32-45)47-33-30-41-18-10-11-23-46(41)38-47/h1-39H.